The first-order valence-corrected chi connectivity index (χ1v) is 34.1. The fourth-order valence-electron chi connectivity index (χ4n) is 14.9. The predicted octanol–water partition coefficient (Wildman–Crippen LogP) is 24.1. The molecule has 0 fully saturated rings. The summed E-state index contributed by atoms with van der Waals surface area (Å²) < 4.78 is 48.8. The van der Waals surface area contributed by atoms with E-state index in [1.807, 2.05) is 17.4 Å². The highest BCUT2D eigenvalue weighted by Crippen LogP contribution is 2.56. The molecule has 3 heterocycles. The van der Waals surface area contributed by atoms with E-state index >= 15 is 0 Å². The van der Waals surface area contributed by atoms with Crippen LogP contribution in [0.2, 0.25) is 0 Å². The van der Waals surface area contributed by atoms with Crippen LogP contribution in [0.1, 0.15) is 59.5 Å². The van der Waals surface area contributed by atoms with Gasteiger partial charge in [0.25, 0.3) is 6.71 Å². The maximum absolute atomic E-state index is 9.66. The van der Waals surface area contributed by atoms with Gasteiger partial charge in [0.05, 0.1) is 18.2 Å². The second-order valence-corrected chi connectivity index (χ2v) is 28.7. The first-order valence-electron chi connectivity index (χ1n) is 35.8. The lowest BCUT2D eigenvalue weighted by molar-refractivity contribution is 0.590. The van der Waals surface area contributed by atoms with Crippen molar-refractivity contribution in [3.05, 3.63) is 333 Å². The van der Waals surface area contributed by atoms with Crippen LogP contribution in [-0.4, -0.2) is 6.71 Å². The normalized spacial score (nSPS) is 13.4. The lowest BCUT2D eigenvalue weighted by Crippen LogP contribution is -2.61. The number of rotatable bonds is 10. The van der Waals surface area contributed by atoms with Crippen molar-refractivity contribution >= 4 is 88.7 Å². The zero-order valence-corrected chi connectivity index (χ0v) is 55.4. The lowest BCUT2D eigenvalue weighted by Gasteiger charge is -2.46. The number of hydrogen-bond acceptors (Lipinski definition) is 3. The molecule has 0 spiro atoms. The highest BCUT2D eigenvalue weighted by atomic mass is 32.1. The monoisotopic (exact) mass is 1250 g/mol. The summed E-state index contributed by atoms with van der Waals surface area (Å²) in [6, 6.07) is 105. The summed E-state index contributed by atoms with van der Waals surface area (Å²) >= 11 is 1.82. The zero-order chi connectivity index (χ0) is 69.2. The minimum Gasteiger partial charge on any atom is -0.310 e. The highest BCUT2D eigenvalue weighted by Gasteiger charge is 2.46. The topological polar surface area (TPSA) is 6.48 Å². The zero-order valence-electron chi connectivity index (χ0n) is 59.6. The molecule has 15 aromatic rings. The van der Waals surface area contributed by atoms with Crippen LogP contribution >= 0.6 is 11.3 Å². The van der Waals surface area contributed by atoms with Crippen molar-refractivity contribution in [2.45, 2.75) is 52.4 Å². The third kappa shape index (κ3) is 10.2. The Bertz CT molecular complexity index is 5650. The van der Waals surface area contributed by atoms with Gasteiger partial charge in [0.2, 0.25) is 0 Å². The van der Waals surface area contributed by atoms with Crippen LogP contribution in [0.4, 0.5) is 34.1 Å². The van der Waals surface area contributed by atoms with Gasteiger partial charge in [-0.3, -0.25) is 0 Å². The van der Waals surface area contributed by atoms with Gasteiger partial charge in [-0.15, -0.1) is 11.3 Å². The molecule has 1 aromatic heterocycles. The predicted molar refractivity (Wildman–Crippen MR) is 414 cm³/mol. The van der Waals surface area contributed by atoms with Crippen LogP contribution in [0.5, 0.6) is 0 Å². The lowest BCUT2D eigenvalue weighted by atomic mass is 9.33. The smallest absolute Gasteiger partial charge is 0.252 e. The first-order chi connectivity index (χ1) is 49.0. The van der Waals surface area contributed by atoms with Gasteiger partial charge in [-0.2, -0.15) is 0 Å². The second kappa shape index (κ2) is 23.5. The molecule has 0 saturated heterocycles. The van der Waals surface area contributed by atoms with Crippen LogP contribution in [0.25, 0.3) is 109 Å². The maximum Gasteiger partial charge on any atom is 0.252 e. The average molecular weight is 1250 g/mol. The molecule has 458 valence electrons. The van der Waals surface area contributed by atoms with Gasteiger partial charge >= 0.3 is 0 Å². The van der Waals surface area contributed by atoms with E-state index in [2.05, 4.69) is 336 Å². The van der Waals surface area contributed by atoms with Crippen LogP contribution < -0.4 is 26.2 Å². The fourth-order valence-corrected chi connectivity index (χ4v) is 16.0. The standard InChI is InChI=1S/C92H71BN2S/c1-91(2,3)71-56-75(62-33-17-9-18-34-62)89(76(57-71)63-35-19-10-20-36-63)94-81-50-48-68(67-42-27-41-66(51-67)60-29-13-7-14-30-60)52-80(81)93-79-49-47-69(61-31-15-8-16-32-61)53-82(79)95(84-55-70(54-83(94)88(84)93)73-44-28-46-86-87(73)74-43-25-26-45-85(74)96-86)90-77(64-37-21-11-22-38-64)58-72(92(4,5)6)59-78(90)65-39-23-12-24-40-65/h7-59H,1-6H3/i8D,15D,16D,31D,32D. The second-order valence-electron chi connectivity index (χ2n) is 27.6. The Labute approximate surface area is 575 Å². The molecule has 2 aliphatic heterocycles. The van der Waals surface area contributed by atoms with Gasteiger partial charge < -0.3 is 9.80 Å². The van der Waals surface area contributed by atoms with Gasteiger partial charge in [0, 0.05) is 65.2 Å². The number of nitrogens with zero attached hydrogens (tertiary/aromatic N) is 2. The fraction of sp³-hybridized carbons (Fsp3) is 0.0870. The Balaban J connectivity index is 1.09. The van der Waals surface area contributed by atoms with E-state index in [4.69, 9.17) is 4.11 Å². The van der Waals surface area contributed by atoms with Crippen molar-refractivity contribution in [1.29, 1.82) is 0 Å². The minimum atomic E-state index is -0.445. The van der Waals surface area contributed by atoms with E-state index in [-0.39, 0.29) is 40.6 Å². The Hall–Kier alpha value is -11.0. The SMILES string of the molecule is [2H]c1c([2H])c([2H])c(-c2ccc3c(c2)N(c2c(-c4ccccc4)cc(C(C)(C)C)cc2-c2ccccc2)c2cc(-c4cccc5sc6ccccc6c45)cc4c2B3c2cc(-c3cccc(-c5ccccc5)c3)ccc2N4c2c(-c3ccccc3)cc(C(C)(C)C)cc2-c2ccccc2)c([2H])c1[2H]. The van der Waals surface area contributed by atoms with Crippen LogP contribution in [-0.2, 0) is 10.8 Å². The Morgan fingerprint density at radius 2 is 0.719 bits per heavy atom. The summed E-state index contributed by atoms with van der Waals surface area (Å²) in [4.78, 5) is 5.12. The van der Waals surface area contributed by atoms with Crippen molar-refractivity contribution < 1.29 is 6.85 Å². The van der Waals surface area contributed by atoms with E-state index in [0.717, 1.165) is 128 Å². The Morgan fingerprint density at radius 1 is 0.302 bits per heavy atom. The van der Waals surface area contributed by atoms with E-state index in [1.54, 1.807) is 0 Å². The van der Waals surface area contributed by atoms with Crippen molar-refractivity contribution in [2.24, 2.45) is 0 Å². The van der Waals surface area contributed by atoms with Gasteiger partial charge in [0.1, 0.15) is 0 Å². The summed E-state index contributed by atoms with van der Waals surface area (Å²) in [6.07, 6.45) is 0. The van der Waals surface area contributed by atoms with E-state index in [1.165, 1.54) is 31.3 Å². The molecule has 14 aromatic carbocycles. The molecule has 0 amide bonds. The summed E-state index contributed by atoms with van der Waals surface area (Å²) in [5.41, 5.74) is 26.5. The van der Waals surface area contributed by atoms with Crippen molar-refractivity contribution in [2.75, 3.05) is 9.80 Å². The summed E-state index contributed by atoms with van der Waals surface area (Å²) in [5, 5.41) is 2.37. The molecule has 4 heteroatoms. The largest absolute Gasteiger partial charge is 0.310 e. The number of fused-ring (bicyclic) bond motifs is 7. The van der Waals surface area contributed by atoms with Crippen LogP contribution in [0.15, 0.2) is 321 Å². The van der Waals surface area contributed by atoms with Crippen molar-refractivity contribution in [3.63, 3.8) is 0 Å². The third-order valence-electron chi connectivity index (χ3n) is 19.6. The molecule has 0 aliphatic carbocycles. The summed E-state index contributed by atoms with van der Waals surface area (Å²) in [6.45, 7) is 13.3. The van der Waals surface area contributed by atoms with Gasteiger partial charge in [-0.1, -0.05) is 296 Å². The molecule has 96 heavy (non-hydrogen) atoms. The van der Waals surface area contributed by atoms with Crippen LogP contribution in [0, 0.1) is 0 Å². The number of hydrogen-bond donors (Lipinski definition) is 0. The molecule has 2 aliphatic rings. The first kappa shape index (κ1) is 53.3. The highest BCUT2D eigenvalue weighted by molar-refractivity contribution is 7.26. The number of thiophene rings is 1. The Morgan fingerprint density at radius 3 is 1.25 bits per heavy atom. The molecule has 0 N–H and O–H groups in total. The molecular weight excluding hydrogens is 1180 g/mol. The third-order valence-corrected chi connectivity index (χ3v) is 20.7. The van der Waals surface area contributed by atoms with Gasteiger partial charge in [-0.05, 0) is 172 Å². The van der Waals surface area contributed by atoms with Crippen molar-refractivity contribution in [3.8, 4) is 89.0 Å². The molecule has 0 radical (unpaired) electrons. The molecule has 0 unspecified atom stereocenters. The van der Waals surface area contributed by atoms with E-state index in [0.29, 0.717) is 5.56 Å². The van der Waals surface area contributed by atoms with Gasteiger partial charge in [0.15, 0.2) is 0 Å². The average Bonchev–Trinajstić information content (AvgIpc) is 0.970. The quantitative estimate of drug-likeness (QED) is 0.126. The molecule has 0 saturated carbocycles. The molecule has 0 bridgehead atoms. The van der Waals surface area contributed by atoms with E-state index in [9.17, 15) is 2.74 Å². The molecule has 2 nitrogen and oxygen atoms in total. The summed E-state index contributed by atoms with van der Waals surface area (Å²) in [7, 11) is 0. The number of benzene rings is 14. The van der Waals surface area contributed by atoms with Gasteiger partial charge in [-0.25, -0.2) is 0 Å². The van der Waals surface area contributed by atoms with E-state index < -0.39 is 12.8 Å². The number of anilines is 6. The molecular formula is C92H71BN2S. The van der Waals surface area contributed by atoms with Crippen LogP contribution in [0.3, 0.4) is 0 Å². The Kier molecular flexibility index (Phi) is 13.0. The summed E-state index contributed by atoms with van der Waals surface area (Å²) in [5.74, 6) is 0. The molecule has 0 atom stereocenters. The van der Waals surface area contributed by atoms with Crippen molar-refractivity contribution in [1.82, 2.24) is 0 Å². The maximum atomic E-state index is 9.66. The minimum absolute atomic E-state index is 0.140. The molecule has 17 rings (SSSR count).